The molecule has 0 fully saturated rings. The Balaban J connectivity index is 2.39. The molecule has 3 heteroatoms. The summed E-state index contributed by atoms with van der Waals surface area (Å²) in [4.78, 5) is 4.20. The van der Waals surface area contributed by atoms with Crippen molar-refractivity contribution in [2.45, 2.75) is 50.9 Å². The summed E-state index contributed by atoms with van der Waals surface area (Å²) in [6, 6.07) is 18.4. The van der Waals surface area contributed by atoms with Crippen molar-refractivity contribution in [3.63, 3.8) is 0 Å². The minimum Gasteiger partial charge on any atom is -0.497 e. The third-order valence-corrected chi connectivity index (χ3v) is 11.3. The summed E-state index contributed by atoms with van der Waals surface area (Å²) >= 11 is 0. The number of aromatic nitrogens is 1. The third kappa shape index (κ3) is 4.23. The first-order valence-corrected chi connectivity index (χ1v) is 11.5. The number of nitrogens with zero attached hydrogens (tertiary/aromatic N) is 1. The molecule has 2 aromatic rings. The van der Waals surface area contributed by atoms with E-state index < -0.39 is 8.07 Å². The van der Waals surface area contributed by atoms with Crippen LogP contribution in [0.25, 0.3) is 0 Å². The Morgan fingerprint density at radius 2 is 1.39 bits per heavy atom. The molecule has 0 radical (unpaired) electrons. The van der Waals surface area contributed by atoms with Gasteiger partial charge in [-0.15, -0.1) is 0 Å². The van der Waals surface area contributed by atoms with Crippen molar-refractivity contribution in [3.8, 4) is 5.75 Å². The first-order valence-electron chi connectivity index (χ1n) is 8.72. The van der Waals surface area contributed by atoms with Gasteiger partial charge in [0.25, 0.3) is 0 Å². The van der Waals surface area contributed by atoms with Crippen molar-refractivity contribution in [1.29, 1.82) is 0 Å². The largest absolute Gasteiger partial charge is 0.497 e. The predicted molar refractivity (Wildman–Crippen MR) is 101 cm³/mol. The molecule has 0 aliphatic carbocycles. The molecule has 1 aromatic carbocycles. The highest BCUT2D eigenvalue weighted by molar-refractivity contribution is 6.79. The van der Waals surface area contributed by atoms with Gasteiger partial charge in [0, 0.05) is 18.3 Å². The van der Waals surface area contributed by atoms with Crippen molar-refractivity contribution in [3.05, 3.63) is 59.9 Å². The predicted octanol–water partition coefficient (Wildman–Crippen LogP) is 5.73. The Bertz CT molecular complexity index is 570. The van der Waals surface area contributed by atoms with Crippen LogP contribution in [0.15, 0.2) is 48.8 Å². The van der Waals surface area contributed by atoms with Gasteiger partial charge in [-0.3, -0.25) is 4.98 Å². The zero-order valence-corrected chi connectivity index (χ0v) is 15.9. The topological polar surface area (TPSA) is 22.1 Å². The van der Waals surface area contributed by atoms with E-state index >= 15 is 0 Å². The van der Waals surface area contributed by atoms with Gasteiger partial charge in [-0.25, -0.2) is 0 Å². The molecule has 0 N–H and O–H groups in total. The Morgan fingerprint density at radius 1 is 0.870 bits per heavy atom. The van der Waals surface area contributed by atoms with Crippen LogP contribution >= 0.6 is 0 Å². The molecule has 23 heavy (non-hydrogen) atoms. The van der Waals surface area contributed by atoms with Gasteiger partial charge in [-0.05, 0) is 41.4 Å². The Labute approximate surface area is 141 Å². The second-order valence-electron chi connectivity index (χ2n) is 6.37. The molecule has 0 spiro atoms. The van der Waals surface area contributed by atoms with Crippen molar-refractivity contribution >= 4 is 8.07 Å². The summed E-state index contributed by atoms with van der Waals surface area (Å²) in [7, 11) is 0.501. The Kier molecular flexibility index (Phi) is 6.40. The summed E-state index contributed by atoms with van der Waals surface area (Å²) in [5.74, 6) is 1.39. The molecule has 1 atom stereocenters. The van der Waals surface area contributed by atoms with Crippen LogP contribution in [0.5, 0.6) is 5.75 Å². The van der Waals surface area contributed by atoms with Gasteiger partial charge < -0.3 is 4.74 Å². The van der Waals surface area contributed by atoms with Crippen molar-refractivity contribution in [2.75, 3.05) is 7.11 Å². The Morgan fingerprint density at radius 3 is 1.87 bits per heavy atom. The first-order chi connectivity index (χ1) is 11.2. The lowest BCUT2D eigenvalue weighted by molar-refractivity contribution is 0.414. The molecule has 0 aliphatic rings. The molecule has 2 rings (SSSR count). The summed E-state index contributed by atoms with van der Waals surface area (Å²) in [6.45, 7) is 7.16. The zero-order chi connectivity index (χ0) is 16.7. The monoisotopic (exact) mass is 327 g/mol. The first kappa shape index (κ1) is 17.7. The van der Waals surface area contributed by atoms with Crippen molar-refractivity contribution in [1.82, 2.24) is 4.98 Å². The summed E-state index contributed by atoms with van der Waals surface area (Å²) < 4.78 is 5.32. The number of benzene rings is 1. The standard InChI is InChI=1S/C20H29NOSi/c1-5-23(6-2,7-3)16-20(18-12-14-21-15-13-18)17-8-10-19(22-4)11-9-17/h8-15,20H,5-7,16H2,1-4H3/t20-/m0/s1. The molecule has 0 unspecified atom stereocenters. The molecule has 1 heterocycles. The molecule has 0 amide bonds. The van der Waals surface area contributed by atoms with Gasteiger partial charge in [-0.2, -0.15) is 0 Å². The van der Waals surface area contributed by atoms with E-state index in [4.69, 9.17) is 4.74 Å². The fraction of sp³-hybridized carbons (Fsp3) is 0.450. The molecule has 0 bridgehead atoms. The van der Waals surface area contributed by atoms with Gasteiger partial charge in [0.1, 0.15) is 5.75 Å². The number of hydrogen-bond acceptors (Lipinski definition) is 2. The smallest absolute Gasteiger partial charge is 0.118 e. The minimum atomic E-state index is -1.22. The highest BCUT2D eigenvalue weighted by Crippen LogP contribution is 2.38. The van der Waals surface area contributed by atoms with E-state index in [-0.39, 0.29) is 0 Å². The summed E-state index contributed by atoms with van der Waals surface area (Å²) in [5.41, 5.74) is 2.78. The second-order valence-corrected chi connectivity index (χ2v) is 11.9. The number of pyridine rings is 1. The lowest BCUT2D eigenvalue weighted by Gasteiger charge is -2.33. The lowest BCUT2D eigenvalue weighted by Crippen LogP contribution is -2.33. The molecule has 0 saturated carbocycles. The molecular weight excluding hydrogens is 298 g/mol. The van der Waals surface area contributed by atoms with Gasteiger partial charge in [0.2, 0.25) is 0 Å². The fourth-order valence-corrected chi connectivity index (χ4v) is 7.18. The van der Waals surface area contributed by atoms with Crippen molar-refractivity contribution in [2.24, 2.45) is 0 Å². The maximum Gasteiger partial charge on any atom is 0.118 e. The van der Waals surface area contributed by atoms with E-state index in [1.54, 1.807) is 7.11 Å². The highest BCUT2D eigenvalue weighted by Gasteiger charge is 2.31. The minimum absolute atomic E-state index is 0.468. The van der Waals surface area contributed by atoms with Gasteiger partial charge >= 0.3 is 0 Å². The van der Waals surface area contributed by atoms with Gasteiger partial charge in [-0.1, -0.05) is 51.0 Å². The quantitative estimate of drug-likeness (QED) is 0.578. The third-order valence-electron chi connectivity index (χ3n) is 5.51. The zero-order valence-electron chi connectivity index (χ0n) is 14.9. The molecule has 0 aliphatic heterocycles. The molecule has 0 saturated heterocycles. The van der Waals surface area contributed by atoms with Crippen LogP contribution in [0.4, 0.5) is 0 Å². The van der Waals surface area contributed by atoms with E-state index in [0.717, 1.165) is 5.75 Å². The average molecular weight is 328 g/mol. The van der Waals surface area contributed by atoms with Crippen LogP contribution in [0.1, 0.15) is 37.8 Å². The van der Waals surface area contributed by atoms with Crippen LogP contribution in [0, 0.1) is 0 Å². The molecule has 1 aromatic heterocycles. The molecule has 124 valence electrons. The maximum atomic E-state index is 5.32. The van der Waals surface area contributed by atoms with Crippen LogP contribution in [0.3, 0.4) is 0 Å². The second kappa shape index (κ2) is 8.30. The van der Waals surface area contributed by atoms with Crippen LogP contribution in [0.2, 0.25) is 24.2 Å². The molecule has 2 nitrogen and oxygen atoms in total. The normalized spacial score (nSPS) is 12.9. The van der Waals surface area contributed by atoms with E-state index in [0.29, 0.717) is 5.92 Å². The highest BCUT2D eigenvalue weighted by atomic mass is 28.3. The number of ether oxygens (including phenoxy) is 1. The SMILES string of the molecule is CC[Si](CC)(CC)C[C@H](c1ccncc1)c1ccc(OC)cc1. The number of methoxy groups -OCH3 is 1. The fourth-order valence-electron chi connectivity index (χ4n) is 3.48. The average Bonchev–Trinajstić information content (AvgIpc) is 2.64. The van der Waals surface area contributed by atoms with Crippen LogP contribution < -0.4 is 4.74 Å². The van der Waals surface area contributed by atoms with E-state index in [1.807, 2.05) is 12.4 Å². The van der Waals surface area contributed by atoms with E-state index in [9.17, 15) is 0 Å². The number of rotatable bonds is 8. The van der Waals surface area contributed by atoms with Gasteiger partial charge in [0.05, 0.1) is 15.2 Å². The van der Waals surface area contributed by atoms with E-state index in [1.165, 1.54) is 35.3 Å². The van der Waals surface area contributed by atoms with Gasteiger partial charge in [0.15, 0.2) is 0 Å². The Hall–Kier alpha value is -1.61. The van der Waals surface area contributed by atoms with Crippen LogP contribution in [-0.4, -0.2) is 20.2 Å². The summed E-state index contributed by atoms with van der Waals surface area (Å²) in [6.07, 6.45) is 3.83. The lowest BCUT2D eigenvalue weighted by atomic mass is 9.94. The summed E-state index contributed by atoms with van der Waals surface area (Å²) in [5, 5.41) is 0. The molecular formula is C20H29NOSi. The van der Waals surface area contributed by atoms with Crippen molar-refractivity contribution < 1.29 is 4.74 Å². The van der Waals surface area contributed by atoms with E-state index in [2.05, 4.69) is 62.2 Å². The van der Waals surface area contributed by atoms with Crippen LogP contribution in [-0.2, 0) is 0 Å². The number of hydrogen-bond donors (Lipinski definition) is 0. The maximum absolute atomic E-state index is 5.32.